The van der Waals surface area contributed by atoms with Crippen molar-refractivity contribution in [2.24, 2.45) is 0 Å². The molecule has 0 unspecified atom stereocenters. The molecule has 0 spiro atoms. The van der Waals surface area contributed by atoms with Crippen molar-refractivity contribution in [2.45, 2.75) is 6.92 Å². The van der Waals surface area contributed by atoms with Crippen molar-refractivity contribution in [1.82, 2.24) is 15.2 Å². The fourth-order valence-electron chi connectivity index (χ4n) is 1.88. The van der Waals surface area contributed by atoms with Gasteiger partial charge in [0.1, 0.15) is 0 Å². The standard InChI is InChI=1S/C13H12N4S/c1-8-11(6-15-17-8)9-2-4-10(5-3-9)12-7-18-13(14)16-12/h2-7H,1H3,(H2,14,16)(H,15,17). The number of thiazole rings is 1. The normalized spacial score (nSPS) is 10.7. The van der Waals surface area contributed by atoms with Gasteiger partial charge in [-0.1, -0.05) is 24.3 Å². The Kier molecular flexibility index (Phi) is 2.60. The van der Waals surface area contributed by atoms with Gasteiger partial charge in [0.05, 0.1) is 11.9 Å². The third kappa shape index (κ3) is 1.89. The molecule has 0 atom stereocenters. The molecule has 0 aliphatic heterocycles. The lowest BCUT2D eigenvalue weighted by Gasteiger charge is -2.01. The molecule has 0 saturated heterocycles. The minimum atomic E-state index is 0.597. The van der Waals surface area contributed by atoms with E-state index >= 15 is 0 Å². The summed E-state index contributed by atoms with van der Waals surface area (Å²) in [5.41, 5.74) is 11.0. The number of aromatic nitrogens is 3. The summed E-state index contributed by atoms with van der Waals surface area (Å²) in [5.74, 6) is 0. The van der Waals surface area contributed by atoms with Crippen LogP contribution in [0.4, 0.5) is 5.13 Å². The Morgan fingerprint density at radius 1 is 1.17 bits per heavy atom. The lowest BCUT2D eigenvalue weighted by molar-refractivity contribution is 1.05. The Hall–Kier alpha value is -2.14. The molecule has 3 rings (SSSR count). The van der Waals surface area contributed by atoms with Crippen LogP contribution in [-0.4, -0.2) is 15.2 Å². The Bertz CT molecular complexity index is 666. The Balaban J connectivity index is 1.97. The highest BCUT2D eigenvalue weighted by molar-refractivity contribution is 7.13. The van der Waals surface area contributed by atoms with Gasteiger partial charge in [0.15, 0.2) is 5.13 Å². The number of nitrogens with zero attached hydrogens (tertiary/aromatic N) is 2. The monoisotopic (exact) mass is 256 g/mol. The van der Waals surface area contributed by atoms with Crippen LogP contribution in [0, 0.1) is 6.92 Å². The highest BCUT2D eigenvalue weighted by atomic mass is 32.1. The number of nitrogen functional groups attached to an aromatic ring is 1. The maximum atomic E-state index is 5.64. The Morgan fingerprint density at radius 2 is 1.89 bits per heavy atom. The minimum Gasteiger partial charge on any atom is -0.375 e. The molecule has 0 fully saturated rings. The summed E-state index contributed by atoms with van der Waals surface area (Å²) in [4.78, 5) is 4.27. The third-order valence-corrected chi connectivity index (χ3v) is 3.52. The Morgan fingerprint density at radius 3 is 2.44 bits per heavy atom. The summed E-state index contributed by atoms with van der Waals surface area (Å²) in [6.07, 6.45) is 1.84. The molecule has 3 aromatic rings. The van der Waals surface area contributed by atoms with Crippen LogP contribution < -0.4 is 5.73 Å². The van der Waals surface area contributed by atoms with Crippen molar-refractivity contribution in [3.05, 3.63) is 41.5 Å². The molecule has 0 saturated carbocycles. The molecule has 18 heavy (non-hydrogen) atoms. The van der Waals surface area contributed by atoms with Crippen LogP contribution in [0.5, 0.6) is 0 Å². The molecule has 5 heteroatoms. The minimum absolute atomic E-state index is 0.597. The SMILES string of the molecule is Cc1[nH]ncc1-c1ccc(-c2csc(N)n2)cc1. The molecule has 0 bridgehead atoms. The molecule has 1 aromatic carbocycles. The predicted molar refractivity (Wildman–Crippen MR) is 74.3 cm³/mol. The molecule has 90 valence electrons. The topological polar surface area (TPSA) is 67.6 Å². The first-order valence-electron chi connectivity index (χ1n) is 5.56. The van der Waals surface area contributed by atoms with Crippen LogP contribution in [0.25, 0.3) is 22.4 Å². The van der Waals surface area contributed by atoms with E-state index in [9.17, 15) is 0 Å². The number of aryl methyl sites for hydroxylation is 1. The van der Waals surface area contributed by atoms with E-state index in [-0.39, 0.29) is 0 Å². The number of nitrogens with two attached hydrogens (primary N) is 1. The zero-order valence-corrected chi connectivity index (χ0v) is 10.7. The number of hydrogen-bond acceptors (Lipinski definition) is 4. The lowest BCUT2D eigenvalue weighted by atomic mass is 10.0. The molecule has 2 aromatic heterocycles. The number of nitrogens with one attached hydrogen (secondary N) is 1. The second-order valence-electron chi connectivity index (χ2n) is 4.06. The average molecular weight is 256 g/mol. The van der Waals surface area contributed by atoms with Gasteiger partial charge in [-0.2, -0.15) is 5.10 Å². The zero-order valence-electron chi connectivity index (χ0n) is 9.84. The van der Waals surface area contributed by atoms with Crippen molar-refractivity contribution in [3.63, 3.8) is 0 Å². The van der Waals surface area contributed by atoms with E-state index in [1.807, 2.05) is 18.5 Å². The van der Waals surface area contributed by atoms with Crippen LogP contribution in [0.2, 0.25) is 0 Å². The van der Waals surface area contributed by atoms with E-state index in [4.69, 9.17) is 5.73 Å². The quantitative estimate of drug-likeness (QED) is 0.740. The summed E-state index contributed by atoms with van der Waals surface area (Å²) < 4.78 is 0. The van der Waals surface area contributed by atoms with Gasteiger partial charge in [-0.05, 0) is 12.5 Å². The average Bonchev–Trinajstić information content (AvgIpc) is 2.98. The molecular formula is C13H12N4S. The first kappa shape index (κ1) is 11.0. The van der Waals surface area contributed by atoms with Crippen LogP contribution in [0.3, 0.4) is 0 Å². The molecule has 0 amide bonds. The number of anilines is 1. The molecule has 0 aliphatic carbocycles. The largest absolute Gasteiger partial charge is 0.375 e. The van der Waals surface area contributed by atoms with E-state index in [0.717, 1.165) is 28.1 Å². The van der Waals surface area contributed by atoms with Gasteiger partial charge in [-0.25, -0.2) is 4.98 Å². The summed E-state index contributed by atoms with van der Waals surface area (Å²) in [5, 5.41) is 9.53. The van der Waals surface area contributed by atoms with Crippen molar-refractivity contribution in [3.8, 4) is 22.4 Å². The second-order valence-corrected chi connectivity index (χ2v) is 4.95. The number of hydrogen-bond donors (Lipinski definition) is 2. The summed E-state index contributed by atoms with van der Waals surface area (Å²) >= 11 is 1.46. The fraction of sp³-hybridized carbons (Fsp3) is 0.0769. The smallest absolute Gasteiger partial charge is 0.180 e. The van der Waals surface area contributed by atoms with Gasteiger partial charge < -0.3 is 5.73 Å². The highest BCUT2D eigenvalue weighted by Gasteiger charge is 2.06. The van der Waals surface area contributed by atoms with Gasteiger partial charge in [0, 0.05) is 22.2 Å². The molecular weight excluding hydrogens is 244 g/mol. The van der Waals surface area contributed by atoms with Crippen molar-refractivity contribution >= 4 is 16.5 Å². The lowest BCUT2D eigenvalue weighted by Crippen LogP contribution is -1.84. The van der Waals surface area contributed by atoms with Crippen LogP contribution in [0.15, 0.2) is 35.8 Å². The van der Waals surface area contributed by atoms with E-state index < -0.39 is 0 Å². The van der Waals surface area contributed by atoms with Crippen molar-refractivity contribution < 1.29 is 0 Å². The number of aromatic amines is 1. The fourth-order valence-corrected chi connectivity index (χ4v) is 2.45. The van der Waals surface area contributed by atoms with Gasteiger partial charge in [0.25, 0.3) is 0 Å². The van der Waals surface area contributed by atoms with Gasteiger partial charge in [-0.15, -0.1) is 11.3 Å². The van der Waals surface area contributed by atoms with Gasteiger partial charge in [0.2, 0.25) is 0 Å². The van der Waals surface area contributed by atoms with Crippen LogP contribution in [0.1, 0.15) is 5.69 Å². The molecule has 2 heterocycles. The van der Waals surface area contributed by atoms with E-state index in [0.29, 0.717) is 5.13 Å². The molecule has 0 aliphatic rings. The third-order valence-electron chi connectivity index (χ3n) is 2.84. The van der Waals surface area contributed by atoms with E-state index in [1.54, 1.807) is 0 Å². The number of benzene rings is 1. The maximum Gasteiger partial charge on any atom is 0.180 e. The molecule has 4 nitrogen and oxygen atoms in total. The summed E-state index contributed by atoms with van der Waals surface area (Å²) in [7, 11) is 0. The van der Waals surface area contributed by atoms with E-state index in [2.05, 4.69) is 39.4 Å². The second kappa shape index (κ2) is 4.27. The van der Waals surface area contributed by atoms with E-state index in [1.165, 1.54) is 11.3 Å². The number of rotatable bonds is 2. The van der Waals surface area contributed by atoms with Crippen molar-refractivity contribution in [1.29, 1.82) is 0 Å². The zero-order chi connectivity index (χ0) is 12.5. The molecule has 3 N–H and O–H groups in total. The van der Waals surface area contributed by atoms with Gasteiger partial charge in [-0.3, -0.25) is 5.10 Å². The summed E-state index contributed by atoms with van der Waals surface area (Å²) in [6, 6.07) is 8.25. The van der Waals surface area contributed by atoms with Crippen LogP contribution in [-0.2, 0) is 0 Å². The highest BCUT2D eigenvalue weighted by Crippen LogP contribution is 2.27. The first-order valence-corrected chi connectivity index (χ1v) is 6.44. The molecule has 0 radical (unpaired) electrons. The van der Waals surface area contributed by atoms with Crippen LogP contribution >= 0.6 is 11.3 Å². The Labute approximate surface area is 109 Å². The summed E-state index contributed by atoms with van der Waals surface area (Å²) in [6.45, 7) is 2.01. The van der Waals surface area contributed by atoms with Crippen molar-refractivity contribution in [2.75, 3.05) is 5.73 Å². The predicted octanol–water partition coefficient (Wildman–Crippen LogP) is 3.09. The number of H-pyrrole nitrogens is 1. The van der Waals surface area contributed by atoms with Gasteiger partial charge >= 0.3 is 0 Å². The maximum absolute atomic E-state index is 5.64. The first-order chi connectivity index (χ1) is 8.74.